The number of nitrogens with zero attached hydrogens (tertiary/aromatic N) is 2. The molecule has 10 heteroatoms. The molecular formula is C18H18BrN3O4S2. The van der Waals surface area contributed by atoms with Crippen LogP contribution in [-0.2, 0) is 16.6 Å². The van der Waals surface area contributed by atoms with Crippen LogP contribution in [0.2, 0.25) is 0 Å². The molecule has 3 rings (SSSR count). The third-order valence-electron chi connectivity index (χ3n) is 3.76. The van der Waals surface area contributed by atoms with E-state index in [0.717, 1.165) is 26.4 Å². The molecule has 0 spiro atoms. The summed E-state index contributed by atoms with van der Waals surface area (Å²) in [6.07, 6.45) is 0. The van der Waals surface area contributed by atoms with E-state index in [-0.39, 0.29) is 22.9 Å². The van der Waals surface area contributed by atoms with Crippen LogP contribution in [0.25, 0.3) is 11.3 Å². The van der Waals surface area contributed by atoms with Crippen LogP contribution in [0.1, 0.15) is 6.92 Å². The summed E-state index contributed by atoms with van der Waals surface area (Å²) in [6.45, 7) is 2.67. The summed E-state index contributed by atoms with van der Waals surface area (Å²) in [5.41, 5.74) is 1.15. The average molecular weight is 484 g/mol. The van der Waals surface area contributed by atoms with E-state index in [2.05, 4.69) is 25.8 Å². The highest BCUT2D eigenvalue weighted by molar-refractivity contribution is 9.11. The lowest BCUT2D eigenvalue weighted by Gasteiger charge is -2.09. The van der Waals surface area contributed by atoms with Crippen molar-refractivity contribution in [2.45, 2.75) is 17.7 Å². The number of ether oxygens (including phenoxy) is 1. The number of hydrogen-bond acceptors (Lipinski definition) is 6. The van der Waals surface area contributed by atoms with E-state index in [1.807, 2.05) is 31.2 Å². The monoisotopic (exact) mass is 483 g/mol. The molecule has 0 atom stereocenters. The van der Waals surface area contributed by atoms with Gasteiger partial charge in [0.25, 0.3) is 5.56 Å². The minimum Gasteiger partial charge on any atom is -0.494 e. The Morgan fingerprint density at radius 3 is 2.54 bits per heavy atom. The van der Waals surface area contributed by atoms with Crippen LogP contribution < -0.4 is 15.0 Å². The molecule has 7 nitrogen and oxygen atoms in total. The lowest BCUT2D eigenvalue weighted by Crippen LogP contribution is -2.31. The number of hydrogen-bond donors (Lipinski definition) is 1. The smallest absolute Gasteiger partial charge is 0.266 e. The van der Waals surface area contributed by atoms with E-state index in [1.54, 1.807) is 12.1 Å². The largest absolute Gasteiger partial charge is 0.494 e. The minimum atomic E-state index is -3.61. The molecule has 3 aromatic rings. The second kappa shape index (κ2) is 8.99. The quantitative estimate of drug-likeness (QED) is 0.531. The van der Waals surface area contributed by atoms with Gasteiger partial charge >= 0.3 is 0 Å². The van der Waals surface area contributed by atoms with Crippen molar-refractivity contribution in [3.05, 3.63) is 62.7 Å². The fraction of sp³-hybridized carbons (Fsp3) is 0.222. The Balaban J connectivity index is 1.70. The summed E-state index contributed by atoms with van der Waals surface area (Å²) in [4.78, 5) is 12.1. The van der Waals surface area contributed by atoms with Gasteiger partial charge in [0, 0.05) is 18.2 Å². The van der Waals surface area contributed by atoms with E-state index >= 15 is 0 Å². The Bertz CT molecular complexity index is 1110. The van der Waals surface area contributed by atoms with Crippen LogP contribution >= 0.6 is 27.3 Å². The molecular weight excluding hydrogens is 466 g/mol. The first-order valence-corrected chi connectivity index (χ1v) is 11.5. The minimum absolute atomic E-state index is 0.0531. The highest BCUT2D eigenvalue weighted by Crippen LogP contribution is 2.25. The molecule has 2 heterocycles. The number of rotatable bonds is 8. The first-order valence-electron chi connectivity index (χ1n) is 8.45. The van der Waals surface area contributed by atoms with Crippen molar-refractivity contribution in [2.75, 3.05) is 13.2 Å². The Labute approximate surface area is 175 Å². The molecule has 1 aromatic carbocycles. The number of sulfonamides is 1. The summed E-state index contributed by atoms with van der Waals surface area (Å²) in [5, 5.41) is 4.34. The zero-order valence-corrected chi connectivity index (χ0v) is 18.2. The number of benzene rings is 1. The highest BCUT2D eigenvalue weighted by Gasteiger charge is 2.16. The van der Waals surface area contributed by atoms with Crippen LogP contribution in [0, 0.1) is 0 Å². The van der Waals surface area contributed by atoms with Crippen molar-refractivity contribution in [3.63, 3.8) is 0 Å². The van der Waals surface area contributed by atoms with Gasteiger partial charge in [-0.3, -0.25) is 4.79 Å². The van der Waals surface area contributed by atoms with E-state index in [4.69, 9.17) is 4.74 Å². The van der Waals surface area contributed by atoms with Gasteiger partial charge in [-0.2, -0.15) is 5.10 Å². The normalized spacial score (nSPS) is 11.5. The van der Waals surface area contributed by atoms with Crippen molar-refractivity contribution in [1.82, 2.24) is 14.5 Å². The van der Waals surface area contributed by atoms with Crippen LogP contribution in [0.4, 0.5) is 0 Å². The van der Waals surface area contributed by atoms with Crippen molar-refractivity contribution >= 4 is 37.3 Å². The fourth-order valence-electron chi connectivity index (χ4n) is 2.45. The van der Waals surface area contributed by atoms with Crippen LogP contribution in [0.3, 0.4) is 0 Å². The maximum absolute atomic E-state index is 12.3. The topological polar surface area (TPSA) is 90.3 Å². The second-order valence-electron chi connectivity index (χ2n) is 5.69. The van der Waals surface area contributed by atoms with Crippen LogP contribution in [0.5, 0.6) is 5.75 Å². The first kappa shape index (κ1) is 20.7. The molecule has 0 unspecified atom stereocenters. The predicted molar refractivity (Wildman–Crippen MR) is 112 cm³/mol. The highest BCUT2D eigenvalue weighted by atomic mass is 79.9. The molecule has 0 bridgehead atoms. The summed E-state index contributed by atoms with van der Waals surface area (Å²) in [6, 6.07) is 13.6. The zero-order chi connectivity index (χ0) is 20.1. The van der Waals surface area contributed by atoms with E-state index in [1.165, 1.54) is 16.8 Å². The standard InChI is InChI=1S/C18H18BrN3O4S2/c1-2-26-14-5-3-13(4-6-14)15-7-9-17(23)22(21-15)12-11-20-28(24,25)18-10-8-16(19)27-18/h3-10,20H,2,11-12H2,1H3. The molecule has 0 saturated carbocycles. The Kier molecular flexibility index (Phi) is 6.65. The van der Waals surface area contributed by atoms with Gasteiger partial charge in [0.15, 0.2) is 0 Å². The molecule has 2 aromatic heterocycles. The van der Waals surface area contributed by atoms with Gasteiger partial charge in [-0.15, -0.1) is 11.3 Å². The third kappa shape index (κ3) is 5.07. The molecule has 0 saturated heterocycles. The van der Waals surface area contributed by atoms with Crippen molar-refractivity contribution in [2.24, 2.45) is 0 Å². The number of halogens is 1. The van der Waals surface area contributed by atoms with Gasteiger partial charge in [0.1, 0.15) is 9.96 Å². The summed E-state index contributed by atoms with van der Waals surface area (Å²) < 4.78 is 34.6. The van der Waals surface area contributed by atoms with Gasteiger partial charge in [-0.1, -0.05) is 0 Å². The molecule has 0 radical (unpaired) electrons. The van der Waals surface area contributed by atoms with Crippen LogP contribution in [0.15, 0.2) is 61.3 Å². The summed E-state index contributed by atoms with van der Waals surface area (Å²) in [5.74, 6) is 0.759. The maximum Gasteiger partial charge on any atom is 0.266 e. The molecule has 0 fully saturated rings. The Hall–Kier alpha value is -2.01. The van der Waals surface area contributed by atoms with Crippen molar-refractivity contribution in [1.29, 1.82) is 0 Å². The molecule has 0 amide bonds. The fourth-order valence-corrected chi connectivity index (χ4v) is 5.53. The average Bonchev–Trinajstić information content (AvgIpc) is 3.12. The van der Waals surface area contributed by atoms with Gasteiger partial charge in [-0.05, 0) is 65.3 Å². The number of nitrogens with one attached hydrogen (secondary N) is 1. The Morgan fingerprint density at radius 2 is 1.89 bits per heavy atom. The first-order chi connectivity index (χ1) is 13.4. The maximum atomic E-state index is 12.3. The lowest BCUT2D eigenvalue weighted by atomic mass is 10.1. The lowest BCUT2D eigenvalue weighted by molar-refractivity contribution is 0.340. The van der Waals surface area contributed by atoms with Gasteiger partial charge in [-0.25, -0.2) is 17.8 Å². The molecule has 1 N–H and O–H groups in total. The second-order valence-corrected chi connectivity index (χ2v) is 10.2. The number of aromatic nitrogens is 2. The van der Waals surface area contributed by atoms with Crippen molar-refractivity contribution in [3.8, 4) is 17.0 Å². The SMILES string of the molecule is CCOc1ccc(-c2ccc(=O)n(CCNS(=O)(=O)c3ccc(Br)s3)n2)cc1. The molecule has 28 heavy (non-hydrogen) atoms. The Morgan fingerprint density at radius 1 is 1.14 bits per heavy atom. The number of thiophene rings is 1. The van der Waals surface area contributed by atoms with E-state index < -0.39 is 10.0 Å². The zero-order valence-electron chi connectivity index (χ0n) is 15.0. The van der Waals surface area contributed by atoms with E-state index in [9.17, 15) is 13.2 Å². The molecule has 0 aliphatic carbocycles. The summed E-state index contributed by atoms with van der Waals surface area (Å²) in [7, 11) is -3.61. The van der Waals surface area contributed by atoms with Crippen LogP contribution in [-0.4, -0.2) is 31.3 Å². The molecule has 0 aliphatic rings. The molecule has 148 valence electrons. The van der Waals surface area contributed by atoms with Gasteiger partial charge in [0.2, 0.25) is 10.0 Å². The van der Waals surface area contributed by atoms with Gasteiger partial charge < -0.3 is 4.74 Å². The van der Waals surface area contributed by atoms with Gasteiger partial charge in [0.05, 0.1) is 22.6 Å². The summed E-state index contributed by atoms with van der Waals surface area (Å²) >= 11 is 4.37. The van der Waals surface area contributed by atoms with E-state index in [0.29, 0.717) is 12.3 Å². The van der Waals surface area contributed by atoms with Crippen molar-refractivity contribution < 1.29 is 13.2 Å². The molecule has 0 aliphatic heterocycles. The predicted octanol–water partition coefficient (Wildman–Crippen LogP) is 3.11. The third-order valence-corrected chi connectivity index (χ3v) is 7.33.